The van der Waals surface area contributed by atoms with E-state index in [4.69, 9.17) is 4.74 Å². The topological polar surface area (TPSA) is 68.3 Å². The fourth-order valence-electron chi connectivity index (χ4n) is 1.68. The maximum atomic E-state index is 12.2. The average Bonchev–Trinajstić information content (AvgIpc) is 2.76. The number of hydrogen-bond acceptors (Lipinski definition) is 5. The van der Waals surface area contributed by atoms with Crippen LogP contribution in [0.2, 0.25) is 0 Å². The van der Waals surface area contributed by atoms with E-state index in [2.05, 4.69) is 9.71 Å². The SMILES string of the molecule is CCOc1ccc(S(=O)(=O)Nc2nc(C)cs2)cc1C. The van der Waals surface area contributed by atoms with Gasteiger partial charge in [0.1, 0.15) is 5.75 Å². The Morgan fingerprint density at radius 2 is 2.10 bits per heavy atom. The van der Waals surface area contributed by atoms with E-state index in [1.54, 1.807) is 17.5 Å². The molecule has 0 aliphatic rings. The number of ether oxygens (including phenoxy) is 1. The van der Waals surface area contributed by atoms with Crippen LogP contribution < -0.4 is 9.46 Å². The number of hydrogen-bond donors (Lipinski definition) is 1. The van der Waals surface area contributed by atoms with Crippen LogP contribution in [0.4, 0.5) is 5.13 Å². The van der Waals surface area contributed by atoms with Crippen molar-refractivity contribution in [3.05, 3.63) is 34.8 Å². The van der Waals surface area contributed by atoms with Crippen molar-refractivity contribution in [1.29, 1.82) is 0 Å². The van der Waals surface area contributed by atoms with Crippen molar-refractivity contribution in [3.63, 3.8) is 0 Å². The van der Waals surface area contributed by atoms with Gasteiger partial charge in [-0.25, -0.2) is 13.4 Å². The Morgan fingerprint density at radius 1 is 1.35 bits per heavy atom. The highest BCUT2D eigenvalue weighted by Crippen LogP contribution is 2.24. The molecule has 0 aliphatic heterocycles. The first-order chi connectivity index (χ1) is 9.42. The number of rotatable bonds is 5. The largest absolute Gasteiger partial charge is 0.494 e. The van der Waals surface area contributed by atoms with E-state index in [0.29, 0.717) is 17.5 Å². The first-order valence-electron chi connectivity index (χ1n) is 6.11. The van der Waals surface area contributed by atoms with Crippen molar-refractivity contribution in [1.82, 2.24) is 4.98 Å². The van der Waals surface area contributed by atoms with Gasteiger partial charge in [0, 0.05) is 5.38 Å². The van der Waals surface area contributed by atoms with E-state index in [-0.39, 0.29) is 4.90 Å². The van der Waals surface area contributed by atoms with Crippen LogP contribution in [0.25, 0.3) is 0 Å². The van der Waals surface area contributed by atoms with Crippen LogP contribution in [0.15, 0.2) is 28.5 Å². The molecule has 0 amide bonds. The van der Waals surface area contributed by atoms with Gasteiger partial charge in [-0.1, -0.05) is 0 Å². The molecule has 2 aromatic rings. The van der Waals surface area contributed by atoms with E-state index >= 15 is 0 Å². The summed E-state index contributed by atoms with van der Waals surface area (Å²) in [4.78, 5) is 4.29. The standard InChI is InChI=1S/C13H16N2O3S2/c1-4-18-12-6-5-11(7-9(12)2)20(16,17)15-13-14-10(3)8-19-13/h5-8H,4H2,1-3H3,(H,14,15). The molecule has 1 N–H and O–H groups in total. The van der Waals surface area contributed by atoms with Crippen molar-refractivity contribution in [2.75, 3.05) is 11.3 Å². The summed E-state index contributed by atoms with van der Waals surface area (Å²) in [5, 5.41) is 2.16. The van der Waals surface area contributed by atoms with Crippen LogP contribution in [-0.2, 0) is 10.0 Å². The summed E-state index contributed by atoms with van der Waals surface area (Å²) < 4.78 is 32.4. The zero-order chi connectivity index (χ0) is 14.8. The molecule has 1 aromatic heterocycles. The minimum atomic E-state index is -3.61. The maximum absolute atomic E-state index is 12.2. The molecule has 2 rings (SSSR count). The number of aryl methyl sites for hydroxylation is 2. The Morgan fingerprint density at radius 3 is 2.65 bits per heavy atom. The second kappa shape index (κ2) is 5.80. The second-order valence-corrected chi connectivity index (χ2v) is 6.80. The van der Waals surface area contributed by atoms with Crippen LogP contribution in [0.1, 0.15) is 18.2 Å². The molecular weight excluding hydrogens is 296 g/mol. The highest BCUT2D eigenvalue weighted by Gasteiger charge is 2.17. The van der Waals surface area contributed by atoms with Gasteiger partial charge in [-0.3, -0.25) is 4.72 Å². The van der Waals surface area contributed by atoms with E-state index in [1.165, 1.54) is 17.4 Å². The minimum absolute atomic E-state index is 0.200. The summed E-state index contributed by atoms with van der Waals surface area (Å²) in [5.41, 5.74) is 1.57. The number of nitrogens with one attached hydrogen (secondary N) is 1. The van der Waals surface area contributed by atoms with Gasteiger partial charge in [-0.2, -0.15) is 0 Å². The Bertz CT molecular complexity index is 708. The fraction of sp³-hybridized carbons (Fsp3) is 0.308. The Labute approximate surface area is 122 Å². The molecule has 0 aliphatic carbocycles. The van der Waals surface area contributed by atoms with Crippen LogP contribution >= 0.6 is 11.3 Å². The molecule has 20 heavy (non-hydrogen) atoms. The molecular formula is C13H16N2O3S2. The Kier molecular flexibility index (Phi) is 4.29. The van der Waals surface area contributed by atoms with Crippen LogP contribution in [0, 0.1) is 13.8 Å². The molecule has 0 saturated heterocycles. The molecule has 1 aromatic carbocycles. The van der Waals surface area contributed by atoms with Gasteiger partial charge in [0.25, 0.3) is 10.0 Å². The molecule has 5 nitrogen and oxygen atoms in total. The van der Waals surface area contributed by atoms with Gasteiger partial charge < -0.3 is 4.74 Å². The number of thiazole rings is 1. The zero-order valence-electron chi connectivity index (χ0n) is 11.5. The van der Waals surface area contributed by atoms with E-state index in [0.717, 1.165) is 11.3 Å². The molecule has 7 heteroatoms. The minimum Gasteiger partial charge on any atom is -0.494 e. The highest BCUT2D eigenvalue weighted by molar-refractivity contribution is 7.93. The van der Waals surface area contributed by atoms with E-state index < -0.39 is 10.0 Å². The maximum Gasteiger partial charge on any atom is 0.263 e. The van der Waals surface area contributed by atoms with Gasteiger partial charge in [0.05, 0.1) is 17.2 Å². The van der Waals surface area contributed by atoms with Crippen molar-refractivity contribution < 1.29 is 13.2 Å². The molecule has 108 valence electrons. The number of sulfonamides is 1. The normalized spacial score (nSPS) is 11.3. The van der Waals surface area contributed by atoms with Crippen molar-refractivity contribution in [2.24, 2.45) is 0 Å². The van der Waals surface area contributed by atoms with Crippen molar-refractivity contribution in [2.45, 2.75) is 25.7 Å². The van der Waals surface area contributed by atoms with E-state index in [1.807, 2.05) is 20.8 Å². The molecule has 0 radical (unpaired) electrons. The molecule has 0 saturated carbocycles. The summed E-state index contributed by atoms with van der Waals surface area (Å²) in [5.74, 6) is 0.691. The smallest absolute Gasteiger partial charge is 0.263 e. The summed E-state index contributed by atoms with van der Waals surface area (Å²) >= 11 is 1.26. The van der Waals surface area contributed by atoms with Crippen LogP contribution in [-0.4, -0.2) is 20.0 Å². The molecule has 0 bridgehead atoms. The van der Waals surface area contributed by atoms with Gasteiger partial charge in [0.2, 0.25) is 0 Å². The molecule has 1 heterocycles. The molecule has 0 spiro atoms. The zero-order valence-corrected chi connectivity index (χ0v) is 13.1. The predicted molar refractivity (Wildman–Crippen MR) is 80.0 cm³/mol. The first kappa shape index (κ1) is 14.8. The third kappa shape index (κ3) is 3.29. The van der Waals surface area contributed by atoms with Gasteiger partial charge in [0.15, 0.2) is 5.13 Å². The fourth-order valence-corrected chi connectivity index (χ4v) is 3.71. The summed E-state index contributed by atoms with van der Waals surface area (Å²) in [6.45, 7) is 6.06. The monoisotopic (exact) mass is 312 g/mol. The number of aromatic nitrogens is 1. The van der Waals surface area contributed by atoms with Crippen LogP contribution in [0.3, 0.4) is 0 Å². The lowest BCUT2D eigenvalue weighted by Crippen LogP contribution is -2.13. The Balaban J connectivity index is 2.27. The molecule has 0 fully saturated rings. The lowest BCUT2D eigenvalue weighted by Gasteiger charge is -2.10. The number of anilines is 1. The second-order valence-electron chi connectivity index (χ2n) is 4.26. The highest BCUT2D eigenvalue weighted by atomic mass is 32.2. The third-order valence-electron chi connectivity index (χ3n) is 2.60. The van der Waals surface area contributed by atoms with Gasteiger partial charge >= 0.3 is 0 Å². The summed E-state index contributed by atoms with van der Waals surface area (Å²) in [6, 6.07) is 4.79. The number of benzene rings is 1. The van der Waals surface area contributed by atoms with Crippen molar-refractivity contribution >= 4 is 26.5 Å². The molecule has 0 atom stereocenters. The summed E-state index contributed by atoms with van der Waals surface area (Å²) in [6.07, 6.45) is 0. The lowest BCUT2D eigenvalue weighted by molar-refractivity contribution is 0.337. The molecule has 0 unspecified atom stereocenters. The van der Waals surface area contributed by atoms with Crippen LogP contribution in [0.5, 0.6) is 5.75 Å². The Hall–Kier alpha value is -1.60. The lowest BCUT2D eigenvalue weighted by atomic mass is 10.2. The summed E-state index contributed by atoms with van der Waals surface area (Å²) in [7, 11) is -3.61. The predicted octanol–water partition coefficient (Wildman–Crippen LogP) is 2.96. The van der Waals surface area contributed by atoms with Crippen molar-refractivity contribution in [3.8, 4) is 5.75 Å². The number of nitrogens with zero attached hydrogens (tertiary/aromatic N) is 1. The quantitative estimate of drug-likeness (QED) is 0.921. The third-order valence-corrected chi connectivity index (χ3v) is 4.94. The average molecular weight is 312 g/mol. The van der Waals surface area contributed by atoms with E-state index in [9.17, 15) is 8.42 Å². The van der Waals surface area contributed by atoms with Gasteiger partial charge in [-0.05, 0) is 44.5 Å². The van der Waals surface area contributed by atoms with Gasteiger partial charge in [-0.15, -0.1) is 11.3 Å². The first-order valence-corrected chi connectivity index (χ1v) is 8.47.